The highest BCUT2D eigenvalue weighted by Crippen LogP contribution is 2.18. The fraction of sp³-hybridized carbons (Fsp3) is 0.533. The van der Waals surface area contributed by atoms with Gasteiger partial charge in [-0.3, -0.25) is 4.79 Å². The summed E-state index contributed by atoms with van der Waals surface area (Å²) in [5.41, 5.74) is 7.00. The number of carbonyl (C=O) groups excluding carboxylic acids is 1. The van der Waals surface area contributed by atoms with Crippen LogP contribution in [0.15, 0.2) is 24.3 Å². The van der Waals surface area contributed by atoms with E-state index in [2.05, 4.69) is 5.32 Å². The van der Waals surface area contributed by atoms with E-state index < -0.39 is 0 Å². The first kappa shape index (κ1) is 16.5. The van der Waals surface area contributed by atoms with Crippen molar-refractivity contribution in [2.75, 3.05) is 20.3 Å². The van der Waals surface area contributed by atoms with Gasteiger partial charge in [0.15, 0.2) is 6.61 Å². The average molecular weight is 280 g/mol. The molecule has 1 rings (SSSR count). The molecule has 0 aliphatic rings. The molecule has 0 aromatic heterocycles. The van der Waals surface area contributed by atoms with E-state index in [1.54, 1.807) is 7.11 Å². The van der Waals surface area contributed by atoms with Gasteiger partial charge in [0.25, 0.3) is 5.91 Å². The molecule has 2 atom stereocenters. The monoisotopic (exact) mass is 280 g/mol. The number of hydrogen-bond donors (Lipinski definition) is 2. The molecular weight excluding hydrogens is 256 g/mol. The van der Waals surface area contributed by atoms with Gasteiger partial charge in [-0.1, -0.05) is 19.1 Å². The van der Waals surface area contributed by atoms with Crippen molar-refractivity contribution >= 4 is 5.91 Å². The molecule has 0 aliphatic carbocycles. The van der Waals surface area contributed by atoms with E-state index in [0.29, 0.717) is 12.4 Å². The number of rotatable bonds is 8. The summed E-state index contributed by atoms with van der Waals surface area (Å²) in [6.45, 7) is 4.39. The Kier molecular flexibility index (Phi) is 7.04. The van der Waals surface area contributed by atoms with Crippen LogP contribution in [0.1, 0.15) is 31.9 Å². The maximum Gasteiger partial charge on any atom is 0.258 e. The van der Waals surface area contributed by atoms with Gasteiger partial charge in [0.1, 0.15) is 5.75 Å². The van der Waals surface area contributed by atoms with Crippen LogP contribution in [-0.4, -0.2) is 32.3 Å². The second-order valence-electron chi connectivity index (χ2n) is 4.80. The Morgan fingerprint density at radius 1 is 1.35 bits per heavy atom. The fourth-order valence-corrected chi connectivity index (χ4v) is 1.80. The van der Waals surface area contributed by atoms with E-state index in [1.165, 1.54) is 0 Å². The molecule has 1 aromatic rings. The number of ether oxygens (including phenoxy) is 2. The van der Waals surface area contributed by atoms with Gasteiger partial charge in [-0.15, -0.1) is 0 Å². The third-order valence-electron chi connectivity index (χ3n) is 2.94. The van der Waals surface area contributed by atoms with E-state index in [4.69, 9.17) is 15.2 Å². The van der Waals surface area contributed by atoms with Crippen LogP contribution in [0.2, 0.25) is 0 Å². The lowest BCUT2D eigenvalue weighted by molar-refractivity contribution is -0.124. The second-order valence-corrected chi connectivity index (χ2v) is 4.80. The molecule has 1 amide bonds. The highest BCUT2D eigenvalue weighted by atomic mass is 16.5. The molecule has 0 saturated heterocycles. The van der Waals surface area contributed by atoms with Gasteiger partial charge in [0.2, 0.25) is 0 Å². The molecule has 0 spiro atoms. The van der Waals surface area contributed by atoms with Crippen molar-refractivity contribution < 1.29 is 14.3 Å². The predicted molar refractivity (Wildman–Crippen MR) is 78.6 cm³/mol. The largest absolute Gasteiger partial charge is 0.484 e. The number of carbonyl (C=O) groups is 1. The Morgan fingerprint density at radius 3 is 2.55 bits per heavy atom. The zero-order valence-electron chi connectivity index (χ0n) is 12.4. The summed E-state index contributed by atoms with van der Waals surface area (Å²) < 4.78 is 10.4. The minimum absolute atomic E-state index is 0.00671. The van der Waals surface area contributed by atoms with Gasteiger partial charge in [0.05, 0.1) is 6.61 Å². The SMILES string of the molecule is CC[C@@H](N)c1ccc(OCC(=O)NC(C)COC)cc1. The van der Waals surface area contributed by atoms with Crippen LogP contribution in [0.25, 0.3) is 0 Å². The molecule has 112 valence electrons. The molecule has 0 heterocycles. The van der Waals surface area contributed by atoms with Crippen molar-refractivity contribution in [2.45, 2.75) is 32.4 Å². The normalized spacial score (nSPS) is 13.6. The number of amides is 1. The first-order chi connectivity index (χ1) is 9.56. The highest BCUT2D eigenvalue weighted by molar-refractivity contribution is 5.77. The minimum atomic E-state index is -0.163. The molecular formula is C15H24N2O3. The molecule has 1 unspecified atom stereocenters. The van der Waals surface area contributed by atoms with E-state index in [1.807, 2.05) is 38.1 Å². The first-order valence-corrected chi connectivity index (χ1v) is 6.83. The van der Waals surface area contributed by atoms with Crippen molar-refractivity contribution in [1.82, 2.24) is 5.32 Å². The average Bonchev–Trinajstić information content (AvgIpc) is 2.45. The van der Waals surface area contributed by atoms with Gasteiger partial charge < -0.3 is 20.5 Å². The van der Waals surface area contributed by atoms with Gasteiger partial charge in [0, 0.05) is 19.2 Å². The van der Waals surface area contributed by atoms with E-state index in [9.17, 15) is 4.79 Å². The van der Waals surface area contributed by atoms with E-state index >= 15 is 0 Å². The number of benzene rings is 1. The van der Waals surface area contributed by atoms with Gasteiger partial charge >= 0.3 is 0 Å². The maximum atomic E-state index is 11.6. The Balaban J connectivity index is 2.40. The molecule has 0 aliphatic heterocycles. The zero-order chi connectivity index (χ0) is 15.0. The Hall–Kier alpha value is -1.59. The fourth-order valence-electron chi connectivity index (χ4n) is 1.80. The van der Waals surface area contributed by atoms with E-state index in [0.717, 1.165) is 12.0 Å². The number of hydrogen-bond acceptors (Lipinski definition) is 4. The van der Waals surface area contributed by atoms with Crippen LogP contribution in [0.4, 0.5) is 0 Å². The summed E-state index contributed by atoms with van der Waals surface area (Å²) in [6, 6.07) is 7.53. The Morgan fingerprint density at radius 2 is 2.00 bits per heavy atom. The van der Waals surface area contributed by atoms with E-state index in [-0.39, 0.29) is 24.6 Å². The number of methoxy groups -OCH3 is 1. The van der Waals surface area contributed by atoms with Crippen LogP contribution < -0.4 is 15.8 Å². The van der Waals surface area contributed by atoms with Crippen LogP contribution >= 0.6 is 0 Å². The topological polar surface area (TPSA) is 73.6 Å². The highest BCUT2D eigenvalue weighted by Gasteiger charge is 2.08. The van der Waals surface area contributed by atoms with Crippen molar-refractivity contribution in [3.8, 4) is 5.75 Å². The van der Waals surface area contributed by atoms with Crippen molar-refractivity contribution in [3.05, 3.63) is 29.8 Å². The predicted octanol–water partition coefficient (Wildman–Crippen LogP) is 1.63. The zero-order valence-corrected chi connectivity index (χ0v) is 12.4. The Labute approximate surface area is 120 Å². The third-order valence-corrected chi connectivity index (χ3v) is 2.94. The van der Waals surface area contributed by atoms with Crippen LogP contribution in [0.3, 0.4) is 0 Å². The molecule has 3 N–H and O–H groups in total. The second kappa shape index (κ2) is 8.55. The summed E-state index contributed by atoms with van der Waals surface area (Å²) >= 11 is 0. The van der Waals surface area contributed by atoms with Crippen molar-refractivity contribution in [3.63, 3.8) is 0 Å². The summed E-state index contributed by atoms with van der Waals surface area (Å²) in [4.78, 5) is 11.6. The van der Waals surface area contributed by atoms with Crippen molar-refractivity contribution in [1.29, 1.82) is 0 Å². The van der Waals surface area contributed by atoms with Crippen molar-refractivity contribution in [2.24, 2.45) is 5.73 Å². The lowest BCUT2D eigenvalue weighted by Crippen LogP contribution is -2.38. The molecule has 0 saturated carbocycles. The van der Waals surface area contributed by atoms with Gasteiger partial charge in [-0.25, -0.2) is 0 Å². The summed E-state index contributed by atoms with van der Waals surface area (Å²) in [5, 5.41) is 2.78. The van der Waals surface area contributed by atoms with Crippen LogP contribution in [0.5, 0.6) is 5.75 Å². The molecule has 1 aromatic carbocycles. The lowest BCUT2D eigenvalue weighted by Gasteiger charge is -2.14. The molecule has 20 heavy (non-hydrogen) atoms. The van der Waals surface area contributed by atoms with Gasteiger partial charge in [-0.05, 0) is 31.0 Å². The Bertz CT molecular complexity index is 406. The van der Waals surface area contributed by atoms with Crippen LogP contribution in [-0.2, 0) is 9.53 Å². The van der Waals surface area contributed by atoms with Crippen LogP contribution in [0, 0.1) is 0 Å². The number of nitrogens with two attached hydrogens (primary N) is 1. The molecule has 5 heteroatoms. The van der Waals surface area contributed by atoms with Gasteiger partial charge in [-0.2, -0.15) is 0 Å². The first-order valence-electron chi connectivity index (χ1n) is 6.83. The molecule has 0 bridgehead atoms. The molecule has 0 radical (unpaired) electrons. The summed E-state index contributed by atoms with van der Waals surface area (Å²) in [7, 11) is 1.60. The molecule has 5 nitrogen and oxygen atoms in total. The minimum Gasteiger partial charge on any atom is -0.484 e. The summed E-state index contributed by atoms with van der Waals surface area (Å²) in [6.07, 6.45) is 0.889. The summed E-state index contributed by atoms with van der Waals surface area (Å²) in [5.74, 6) is 0.496. The third kappa shape index (κ3) is 5.59. The quantitative estimate of drug-likeness (QED) is 0.759. The maximum absolute atomic E-state index is 11.6. The molecule has 0 fully saturated rings. The standard InChI is InChI=1S/C15H24N2O3/c1-4-14(16)12-5-7-13(8-6-12)20-10-15(18)17-11(2)9-19-3/h5-8,11,14H,4,9-10,16H2,1-3H3,(H,17,18)/t11?,14-/m1/s1. The number of nitrogens with one attached hydrogen (secondary N) is 1. The smallest absolute Gasteiger partial charge is 0.258 e. The lowest BCUT2D eigenvalue weighted by atomic mass is 10.1.